The Balaban J connectivity index is 2.08. The standard InChI is InChI=1S/C14H12N2S2/c17-13-7-3-1-5-11(13)15-9-10-16-12-6-2-4-8-14(12)18/h1-10,17-18H/p-2. The van der Waals surface area contributed by atoms with Crippen molar-refractivity contribution in [3.63, 3.8) is 0 Å². The molecule has 0 N–H and O–H groups in total. The molecule has 0 spiro atoms. The van der Waals surface area contributed by atoms with Crippen LogP contribution in [0.2, 0.25) is 0 Å². The average Bonchev–Trinajstić information content (AvgIpc) is 2.38. The molecular formula is C14H10N2S2-2. The summed E-state index contributed by atoms with van der Waals surface area (Å²) in [6.45, 7) is 0. The van der Waals surface area contributed by atoms with E-state index in [1.165, 1.54) is 0 Å². The second-order valence-corrected chi connectivity index (χ2v) is 4.37. The molecule has 0 aliphatic rings. The lowest BCUT2D eigenvalue weighted by molar-refractivity contribution is 1.38. The molecule has 18 heavy (non-hydrogen) atoms. The summed E-state index contributed by atoms with van der Waals surface area (Å²) < 4.78 is 0. The lowest BCUT2D eigenvalue weighted by Crippen LogP contribution is -1.78. The smallest absolute Gasteiger partial charge is 0.0457 e. The minimum absolute atomic E-state index is 0.728. The first kappa shape index (κ1) is 12.7. The molecule has 0 saturated heterocycles. The van der Waals surface area contributed by atoms with E-state index >= 15 is 0 Å². The van der Waals surface area contributed by atoms with Gasteiger partial charge in [-0.1, -0.05) is 36.4 Å². The van der Waals surface area contributed by atoms with E-state index in [1.807, 2.05) is 48.5 Å². The molecule has 0 heterocycles. The number of nitrogens with zero attached hydrogens (tertiary/aromatic N) is 2. The molecule has 0 unspecified atom stereocenters. The van der Waals surface area contributed by atoms with Crippen molar-refractivity contribution in [2.45, 2.75) is 9.79 Å². The zero-order valence-electron chi connectivity index (χ0n) is 9.48. The third-order valence-electron chi connectivity index (χ3n) is 2.22. The van der Waals surface area contributed by atoms with Crippen LogP contribution < -0.4 is 0 Å². The van der Waals surface area contributed by atoms with Crippen molar-refractivity contribution in [2.75, 3.05) is 0 Å². The van der Waals surface area contributed by atoms with Gasteiger partial charge in [-0.2, -0.15) is 0 Å². The zero-order valence-corrected chi connectivity index (χ0v) is 11.1. The molecule has 0 saturated carbocycles. The van der Waals surface area contributed by atoms with Crippen molar-refractivity contribution in [1.29, 1.82) is 0 Å². The first-order valence-corrected chi connectivity index (χ1v) is 6.18. The van der Waals surface area contributed by atoms with Crippen LogP contribution in [0, 0.1) is 0 Å². The van der Waals surface area contributed by atoms with Crippen LogP contribution in [0.4, 0.5) is 11.4 Å². The Bertz CT molecular complexity index is 538. The number of hydrogen-bond acceptors (Lipinski definition) is 4. The number of benzene rings is 2. The predicted octanol–water partition coefficient (Wildman–Crippen LogP) is 3.60. The van der Waals surface area contributed by atoms with Gasteiger partial charge in [0.15, 0.2) is 0 Å². The summed E-state index contributed by atoms with van der Waals surface area (Å²) in [6.07, 6.45) is 3.24. The minimum atomic E-state index is 0.728. The summed E-state index contributed by atoms with van der Waals surface area (Å²) in [6, 6.07) is 15.0. The molecule has 0 bridgehead atoms. The van der Waals surface area contributed by atoms with Gasteiger partial charge in [0.1, 0.15) is 0 Å². The highest BCUT2D eigenvalue weighted by atomic mass is 32.1. The third-order valence-corrected chi connectivity index (χ3v) is 2.91. The lowest BCUT2D eigenvalue weighted by Gasteiger charge is -2.08. The summed E-state index contributed by atoms with van der Waals surface area (Å²) in [5.41, 5.74) is 1.54. The fourth-order valence-corrected chi connectivity index (χ4v) is 1.75. The average molecular weight is 270 g/mol. The normalized spacial score (nSPS) is 11.3. The van der Waals surface area contributed by atoms with Crippen LogP contribution in [-0.4, -0.2) is 12.4 Å². The highest BCUT2D eigenvalue weighted by molar-refractivity contribution is 7.59. The highest BCUT2D eigenvalue weighted by Crippen LogP contribution is 2.18. The molecule has 2 aromatic carbocycles. The molecule has 2 aromatic rings. The Morgan fingerprint density at radius 3 is 1.44 bits per heavy atom. The Hall–Kier alpha value is -1.78. The summed E-state index contributed by atoms with van der Waals surface area (Å²) in [7, 11) is 0. The molecule has 0 aliphatic heterocycles. The second-order valence-electron chi connectivity index (χ2n) is 3.49. The molecule has 0 aliphatic carbocycles. The van der Waals surface area contributed by atoms with Crippen LogP contribution in [0.1, 0.15) is 0 Å². The largest absolute Gasteiger partial charge is 0.778 e. The molecule has 0 amide bonds. The van der Waals surface area contributed by atoms with Crippen molar-refractivity contribution in [1.82, 2.24) is 0 Å². The third kappa shape index (κ3) is 3.35. The summed E-state index contributed by atoms with van der Waals surface area (Å²) in [4.78, 5) is 9.93. The number of para-hydroxylation sites is 2. The van der Waals surface area contributed by atoms with Gasteiger partial charge < -0.3 is 25.3 Å². The highest BCUT2D eigenvalue weighted by Gasteiger charge is 1.86. The number of hydrogen-bond donors (Lipinski definition) is 0. The molecule has 0 aromatic heterocycles. The van der Waals surface area contributed by atoms with Crippen molar-refractivity contribution >= 4 is 49.1 Å². The quantitative estimate of drug-likeness (QED) is 0.629. The number of aliphatic imine (C=N–C) groups is 2. The van der Waals surface area contributed by atoms with Gasteiger partial charge in [-0.15, -0.1) is 9.79 Å². The summed E-state index contributed by atoms with van der Waals surface area (Å²) >= 11 is 10.3. The van der Waals surface area contributed by atoms with Crippen molar-refractivity contribution in [2.24, 2.45) is 9.98 Å². The summed E-state index contributed by atoms with van der Waals surface area (Å²) in [5.74, 6) is 0. The first-order chi connectivity index (χ1) is 8.77. The van der Waals surface area contributed by atoms with E-state index in [0.717, 1.165) is 21.2 Å². The molecule has 4 heteroatoms. The van der Waals surface area contributed by atoms with Gasteiger partial charge in [-0.3, -0.25) is 9.98 Å². The van der Waals surface area contributed by atoms with Gasteiger partial charge in [-0.05, 0) is 12.1 Å². The number of rotatable bonds is 3. The molecule has 0 atom stereocenters. The Labute approximate surface area is 117 Å². The molecular weight excluding hydrogens is 260 g/mol. The van der Waals surface area contributed by atoms with Crippen molar-refractivity contribution in [3.05, 3.63) is 48.5 Å². The lowest BCUT2D eigenvalue weighted by atomic mass is 10.3. The van der Waals surface area contributed by atoms with Gasteiger partial charge in [0.25, 0.3) is 0 Å². The molecule has 0 fully saturated rings. The Morgan fingerprint density at radius 1 is 0.667 bits per heavy atom. The van der Waals surface area contributed by atoms with E-state index in [1.54, 1.807) is 12.4 Å². The zero-order chi connectivity index (χ0) is 12.8. The maximum Gasteiger partial charge on any atom is 0.0457 e. The minimum Gasteiger partial charge on any atom is -0.778 e. The van der Waals surface area contributed by atoms with Crippen LogP contribution in [0.15, 0.2) is 68.3 Å². The van der Waals surface area contributed by atoms with Crippen molar-refractivity contribution < 1.29 is 0 Å². The SMILES string of the molecule is [S-]c1ccccc1N=CC=Nc1ccccc1[S-]. The molecule has 2 rings (SSSR count). The monoisotopic (exact) mass is 270 g/mol. The first-order valence-electron chi connectivity index (χ1n) is 5.36. The van der Waals surface area contributed by atoms with E-state index in [0.29, 0.717) is 0 Å². The van der Waals surface area contributed by atoms with E-state index in [2.05, 4.69) is 9.98 Å². The fraction of sp³-hybridized carbons (Fsp3) is 0. The van der Waals surface area contributed by atoms with Crippen LogP contribution in [0.3, 0.4) is 0 Å². The maximum absolute atomic E-state index is 5.14. The van der Waals surface area contributed by atoms with Gasteiger partial charge in [-0.25, -0.2) is 0 Å². The van der Waals surface area contributed by atoms with E-state index in [9.17, 15) is 0 Å². The van der Waals surface area contributed by atoms with Crippen LogP contribution in [0.25, 0.3) is 0 Å². The second kappa shape index (κ2) is 6.23. The molecule has 0 radical (unpaired) electrons. The van der Waals surface area contributed by atoms with Gasteiger partial charge in [0, 0.05) is 23.8 Å². The van der Waals surface area contributed by atoms with Crippen LogP contribution in [0.5, 0.6) is 0 Å². The van der Waals surface area contributed by atoms with Crippen molar-refractivity contribution in [3.8, 4) is 0 Å². The summed E-state index contributed by atoms with van der Waals surface area (Å²) in [5, 5.41) is 0. The van der Waals surface area contributed by atoms with Gasteiger partial charge in [0.2, 0.25) is 0 Å². The topological polar surface area (TPSA) is 24.7 Å². The fourth-order valence-electron chi connectivity index (χ4n) is 1.35. The predicted molar refractivity (Wildman–Crippen MR) is 80.5 cm³/mol. The maximum atomic E-state index is 5.14. The van der Waals surface area contributed by atoms with E-state index < -0.39 is 0 Å². The van der Waals surface area contributed by atoms with E-state index in [4.69, 9.17) is 25.3 Å². The Morgan fingerprint density at radius 2 is 1.06 bits per heavy atom. The molecule has 2 nitrogen and oxygen atoms in total. The van der Waals surface area contributed by atoms with Gasteiger partial charge in [0.05, 0.1) is 0 Å². The van der Waals surface area contributed by atoms with Crippen LogP contribution >= 0.6 is 0 Å². The van der Waals surface area contributed by atoms with Gasteiger partial charge >= 0.3 is 0 Å². The van der Waals surface area contributed by atoms with E-state index in [-0.39, 0.29) is 0 Å². The molecule has 90 valence electrons. The van der Waals surface area contributed by atoms with Crippen LogP contribution in [-0.2, 0) is 25.3 Å². The Kier molecular flexibility index (Phi) is 4.39.